The monoisotopic (exact) mass is 218 g/mol. The second-order valence-electron chi connectivity index (χ2n) is 4.85. The molecule has 0 amide bonds. The minimum absolute atomic E-state index is 0.134. The van der Waals surface area contributed by atoms with Gasteiger partial charge < -0.3 is 24.9 Å². The number of hydrogen-bond donors (Lipinski definition) is 4. The first-order chi connectivity index (χ1) is 7.10. The molecule has 2 fully saturated rings. The third-order valence-corrected chi connectivity index (χ3v) is 4.04. The molecular weight excluding hydrogens is 198 g/mol. The van der Waals surface area contributed by atoms with Crippen LogP contribution in [0.1, 0.15) is 12.8 Å². The maximum atomic E-state index is 9.85. The van der Waals surface area contributed by atoms with Crippen LogP contribution in [0.5, 0.6) is 0 Å². The smallest absolute Gasteiger partial charge is 0.141 e. The van der Waals surface area contributed by atoms with E-state index in [0.29, 0.717) is 11.0 Å². The van der Waals surface area contributed by atoms with Gasteiger partial charge in [-0.1, -0.05) is 0 Å². The molecule has 4 N–H and O–H groups in total. The van der Waals surface area contributed by atoms with Crippen molar-refractivity contribution in [1.29, 1.82) is 0 Å². The Morgan fingerprint density at radius 2 is 1.60 bits per heavy atom. The van der Waals surface area contributed by atoms with Gasteiger partial charge in [0, 0.05) is 12.8 Å². The SMILES string of the molecule is OC[C@@H]1[C@@H](O)[C@H](O)[C@H](O)C[N+]12CCCC2. The molecule has 5 heteroatoms. The van der Waals surface area contributed by atoms with E-state index in [1.54, 1.807) is 0 Å². The number of aliphatic hydroxyl groups excluding tert-OH is 4. The van der Waals surface area contributed by atoms with Gasteiger partial charge in [-0.3, -0.25) is 0 Å². The summed E-state index contributed by atoms with van der Waals surface area (Å²) in [5, 5.41) is 38.4. The average molecular weight is 218 g/mol. The Morgan fingerprint density at radius 3 is 2.13 bits per heavy atom. The summed E-state index contributed by atoms with van der Waals surface area (Å²) in [4.78, 5) is 0. The molecule has 0 saturated carbocycles. The van der Waals surface area contributed by atoms with Crippen LogP contribution in [0.15, 0.2) is 0 Å². The molecule has 4 atom stereocenters. The molecule has 0 aliphatic carbocycles. The second kappa shape index (κ2) is 3.99. The van der Waals surface area contributed by atoms with Crippen LogP contribution in [0.25, 0.3) is 0 Å². The number of rotatable bonds is 1. The minimum Gasteiger partial charge on any atom is -0.390 e. The van der Waals surface area contributed by atoms with Crippen molar-refractivity contribution in [3.8, 4) is 0 Å². The summed E-state index contributed by atoms with van der Waals surface area (Å²) >= 11 is 0. The molecule has 5 nitrogen and oxygen atoms in total. The van der Waals surface area contributed by atoms with E-state index in [9.17, 15) is 20.4 Å². The molecule has 2 aliphatic heterocycles. The van der Waals surface area contributed by atoms with Crippen LogP contribution in [0.3, 0.4) is 0 Å². The van der Waals surface area contributed by atoms with Gasteiger partial charge in [0.15, 0.2) is 0 Å². The van der Waals surface area contributed by atoms with Crippen LogP contribution in [0.2, 0.25) is 0 Å². The Bertz CT molecular complexity index is 229. The fraction of sp³-hybridized carbons (Fsp3) is 1.00. The van der Waals surface area contributed by atoms with Gasteiger partial charge in [-0.15, -0.1) is 0 Å². The molecule has 88 valence electrons. The molecule has 0 aromatic carbocycles. The number of nitrogens with zero attached hydrogens (tertiary/aromatic N) is 1. The predicted molar refractivity (Wildman–Crippen MR) is 53.0 cm³/mol. The molecule has 0 radical (unpaired) electrons. The van der Waals surface area contributed by atoms with Gasteiger partial charge in [0.05, 0.1) is 19.7 Å². The number of piperidine rings is 1. The van der Waals surface area contributed by atoms with Gasteiger partial charge in [0.1, 0.15) is 30.9 Å². The summed E-state index contributed by atoms with van der Waals surface area (Å²) in [6.07, 6.45) is -0.887. The highest BCUT2D eigenvalue weighted by molar-refractivity contribution is 4.88. The van der Waals surface area contributed by atoms with Crippen LogP contribution < -0.4 is 0 Å². The summed E-state index contributed by atoms with van der Waals surface area (Å²) in [7, 11) is 0. The molecule has 0 aromatic rings. The Labute approximate surface area is 89.2 Å². The normalized spacial score (nSPS) is 44.8. The molecule has 2 saturated heterocycles. The van der Waals surface area contributed by atoms with Crippen molar-refractivity contribution in [2.24, 2.45) is 0 Å². The average Bonchev–Trinajstić information content (AvgIpc) is 2.65. The Kier molecular flexibility index (Phi) is 3.00. The lowest BCUT2D eigenvalue weighted by atomic mass is 9.92. The highest BCUT2D eigenvalue weighted by Crippen LogP contribution is 2.31. The first-order valence-corrected chi connectivity index (χ1v) is 5.61. The van der Waals surface area contributed by atoms with Gasteiger partial charge >= 0.3 is 0 Å². The lowest BCUT2D eigenvalue weighted by Gasteiger charge is -2.49. The van der Waals surface area contributed by atoms with Gasteiger partial charge in [-0.2, -0.15) is 0 Å². The molecule has 15 heavy (non-hydrogen) atoms. The van der Waals surface area contributed by atoms with E-state index in [-0.39, 0.29) is 12.6 Å². The second-order valence-corrected chi connectivity index (χ2v) is 4.85. The zero-order valence-corrected chi connectivity index (χ0v) is 8.79. The van der Waals surface area contributed by atoms with E-state index in [1.165, 1.54) is 0 Å². The summed E-state index contributed by atoms with van der Waals surface area (Å²) in [6, 6.07) is -0.342. The van der Waals surface area contributed by atoms with Crippen LogP contribution in [0.4, 0.5) is 0 Å². The maximum Gasteiger partial charge on any atom is 0.141 e. The van der Waals surface area contributed by atoms with E-state index in [2.05, 4.69) is 0 Å². The maximum absolute atomic E-state index is 9.85. The number of hydrogen-bond acceptors (Lipinski definition) is 4. The Hall–Kier alpha value is -0.200. The zero-order valence-electron chi connectivity index (χ0n) is 8.79. The van der Waals surface area contributed by atoms with E-state index in [4.69, 9.17) is 0 Å². The number of aliphatic hydroxyl groups is 4. The Balaban J connectivity index is 2.22. The summed E-state index contributed by atoms with van der Waals surface area (Å²) in [5.74, 6) is 0. The molecule has 0 bridgehead atoms. The molecule has 2 aliphatic rings. The quantitative estimate of drug-likeness (QED) is 0.386. The number of quaternary nitrogens is 1. The van der Waals surface area contributed by atoms with Gasteiger partial charge in [-0.05, 0) is 0 Å². The molecule has 1 spiro atoms. The van der Waals surface area contributed by atoms with Crippen LogP contribution in [0, 0.1) is 0 Å². The van der Waals surface area contributed by atoms with Crippen molar-refractivity contribution >= 4 is 0 Å². The highest BCUT2D eigenvalue weighted by atomic mass is 16.4. The van der Waals surface area contributed by atoms with Crippen molar-refractivity contribution < 1.29 is 24.9 Å². The van der Waals surface area contributed by atoms with Crippen molar-refractivity contribution in [3.05, 3.63) is 0 Å². The molecule has 2 rings (SSSR count). The first-order valence-electron chi connectivity index (χ1n) is 5.61. The van der Waals surface area contributed by atoms with E-state index >= 15 is 0 Å². The van der Waals surface area contributed by atoms with Crippen molar-refractivity contribution in [2.45, 2.75) is 37.2 Å². The van der Waals surface area contributed by atoms with Crippen molar-refractivity contribution in [1.82, 2.24) is 0 Å². The topological polar surface area (TPSA) is 80.9 Å². The predicted octanol–water partition coefficient (Wildman–Crippen LogP) is -1.95. The van der Waals surface area contributed by atoms with E-state index in [1.807, 2.05) is 0 Å². The molecule has 0 unspecified atom stereocenters. The fourth-order valence-electron chi connectivity index (χ4n) is 3.16. The van der Waals surface area contributed by atoms with Crippen molar-refractivity contribution in [2.75, 3.05) is 26.2 Å². The van der Waals surface area contributed by atoms with E-state index < -0.39 is 18.3 Å². The van der Waals surface area contributed by atoms with Crippen molar-refractivity contribution in [3.63, 3.8) is 0 Å². The van der Waals surface area contributed by atoms with E-state index in [0.717, 1.165) is 25.9 Å². The molecule has 2 heterocycles. The standard InChI is InChI=1S/C10H20NO4/c12-6-7-9(14)10(15)8(13)5-11(7)3-1-2-4-11/h7-10,12-15H,1-6H2/q+1/t7-,8-,9-,10-/m1/s1. The van der Waals surface area contributed by atoms with Crippen LogP contribution in [-0.2, 0) is 0 Å². The zero-order chi connectivity index (χ0) is 11.1. The lowest BCUT2D eigenvalue weighted by molar-refractivity contribution is -0.953. The third kappa shape index (κ3) is 1.68. The highest BCUT2D eigenvalue weighted by Gasteiger charge is 2.53. The minimum atomic E-state index is -1.12. The lowest BCUT2D eigenvalue weighted by Crippen LogP contribution is -2.71. The van der Waals surface area contributed by atoms with Gasteiger partial charge in [0.2, 0.25) is 0 Å². The fourth-order valence-corrected chi connectivity index (χ4v) is 3.16. The molecular formula is C10H20NO4+. The Morgan fingerprint density at radius 1 is 1.00 bits per heavy atom. The van der Waals surface area contributed by atoms with Gasteiger partial charge in [0.25, 0.3) is 0 Å². The van der Waals surface area contributed by atoms with Crippen LogP contribution >= 0.6 is 0 Å². The van der Waals surface area contributed by atoms with Gasteiger partial charge in [-0.25, -0.2) is 0 Å². The summed E-state index contributed by atoms with van der Waals surface area (Å²) in [6.45, 7) is 2.08. The molecule has 0 aromatic heterocycles. The third-order valence-electron chi connectivity index (χ3n) is 4.04. The summed E-state index contributed by atoms with van der Waals surface area (Å²) < 4.78 is 0.565. The largest absolute Gasteiger partial charge is 0.390 e. The van der Waals surface area contributed by atoms with Crippen LogP contribution in [-0.4, -0.2) is 75.5 Å². The summed E-state index contributed by atoms with van der Waals surface area (Å²) in [5.41, 5.74) is 0. The first kappa shape index (κ1) is 11.3.